The summed E-state index contributed by atoms with van der Waals surface area (Å²) in [6, 6.07) is 6.22. The maximum Gasteiger partial charge on any atom is 0.122 e. The Labute approximate surface area is 126 Å². The van der Waals surface area contributed by atoms with E-state index in [4.69, 9.17) is 22.7 Å². The summed E-state index contributed by atoms with van der Waals surface area (Å²) < 4.78 is 0. The summed E-state index contributed by atoms with van der Waals surface area (Å²) in [6.45, 7) is 9.71. The first-order chi connectivity index (χ1) is 9.51. The Balaban J connectivity index is 2.02. The second-order valence-electron chi connectivity index (χ2n) is 5.43. The molecule has 1 fully saturated rings. The van der Waals surface area contributed by atoms with Gasteiger partial charge < -0.3 is 5.73 Å². The van der Waals surface area contributed by atoms with Crippen molar-refractivity contribution in [3.05, 3.63) is 34.3 Å². The third-order valence-corrected chi connectivity index (χ3v) is 4.37. The van der Waals surface area contributed by atoms with Gasteiger partial charge in [0.15, 0.2) is 0 Å². The number of nitrogen functional groups attached to an aromatic ring is 1. The summed E-state index contributed by atoms with van der Waals surface area (Å²) in [5.41, 5.74) is 7.26. The largest absolute Gasteiger partial charge is 0.384 e. The van der Waals surface area contributed by atoms with Crippen LogP contribution in [0.1, 0.15) is 25.0 Å². The number of likely N-dealkylation sites (N-methyl/N-ethyl adjacent to an activating group) is 1. The zero-order valence-corrected chi connectivity index (χ0v) is 13.0. The Morgan fingerprint density at radius 3 is 2.75 bits per heavy atom. The van der Waals surface area contributed by atoms with E-state index in [0.29, 0.717) is 16.6 Å². The highest BCUT2D eigenvalue weighted by molar-refractivity contribution is 6.31. The summed E-state index contributed by atoms with van der Waals surface area (Å²) in [4.78, 5) is 4.93. The van der Waals surface area contributed by atoms with Gasteiger partial charge in [0.1, 0.15) is 5.84 Å². The number of amidine groups is 1. The standard InChI is InChI=1S/C15H23ClN4/c1-3-20-7-6-19(9-11(20)2)10-13-5-4-12(15(17)18)8-14(13)16/h4-5,8,11H,3,6-7,9-10H2,1-2H3,(H3,17,18). The lowest BCUT2D eigenvalue weighted by Crippen LogP contribution is -2.51. The maximum atomic E-state index is 7.43. The van der Waals surface area contributed by atoms with E-state index in [0.717, 1.165) is 38.3 Å². The Kier molecular flexibility index (Phi) is 5.02. The van der Waals surface area contributed by atoms with Crippen molar-refractivity contribution in [2.75, 3.05) is 26.2 Å². The highest BCUT2D eigenvalue weighted by Gasteiger charge is 2.22. The predicted molar refractivity (Wildman–Crippen MR) is 84.5 cm³/mol. The number of halogens is 1. The molecule has 1 atom stereocenters. The van der Waals surface area contributed by atoms with Gasteiger partial charge in [-0.05, 0) is 25.1 Å². The number of piperazine rings is 1. The van der Waals surface area contributed by atoms with Crippen LogP contribution in [0.5, 0.6) is 0 Å². The van der Waals surface area contributed by atoms with Gasteiger partial charge in [-0.2, -0.15) is 0 Å². The van der Waals surface area contributed by atoms with Crippen LogP contribution in [0, 0.1) is 5.41 Å². The van der Waals surface area contributed by atoms with E-state index in [2.05, 4.69) is 23.6 Å². The molecule has 1 aromatic rings. The topological polar surface area (TPSA) is 56.4 Å². The number of nitrogens with one attached hydrogen (secondary N) is 1. The van der Waals surface area contributed by atoms with Gasteiger partial charge in [0.25, 0.3) is 0 Å². The van der Waals surface area contributed by atoms with E-state index < -0.39 is 0 Å². The van der Waals surface area contributed by atoms with Crippen molar-refractivity contribution in [3.63, 3.8) is 0 Å². The molecule has 1 unspecified atom stereocenters. The zero-order valence-electron chi connectivity index (χ0n) is 12.2. The van der Waals surface area contributed by atoms with Crippen molar-refractivity contribution in [1.82, 2.24) is 9.80 Å². The van der Waals surface area contributed by atoms with Crippen LogP contribution in [0.25, 0.3) is 0 Å². The first-order valence-corrected chi connectivity index (χ1v) is 7.48. The number of benzene rings is 1. The monoisotopic (exact) mass is 294 g/mol. The fraction of sp³-hybridized carbons (Fsp3) is 0.533. The SMILES string of the molecule is CCN1CCN(Cc2ccc(C(=N)N)cc2Cl)CC1C. The van der Waals surface area contributed by atoms with Crippen LogP contribution >= 0.6 is 11.6 Å². The number of hydrogen-bond acceptors (Lipinski definition) is 3. The van der Waals surface area contributed by atoms with Crippen molar-refractivity contribution in [2.45, 2.75) is 26.4 Å². The second-order valence-corrected chi connectivity index (χ2v) is 5.84. The van der Waals surface area contributed by atoms with Gasteiger partial charge in [0.05, 0.1) is 0 Å². The Morgan fingerprint density at radius 2 is 2.20 bits per heavy atom. The fourth-order valence-electron chi connectivity index (χ4n) is 2.77. The van der Waals surface area contributed by atoms with Crippen LogP contribution < -0.4 is 5.73 Å². The quantitative estimate of drug-likeness (QED) is 0.661. The van der Waals surface area contributed by atoms with E-state index >= 15 is 0 Å². The molecule has 0 saturated carbocycles. The van der Waals surface area contributed by atoms with Crippen molar-refractivity contribution in [2.24, 2.45) is 5.73 Å². The molecule has 0 bridgehead atoms. The highest BCUT2D eigenvalue weighted by Crippen LogP contribution is 2.21. The predicted octanol–water partition coefficient (Wildman–Crippen LogP) is 2.15. The van der Waals surface area contributed by atoms with Gasteiger partial charge in [-0.25, -0.2) is 0 Å². The molecule has 0 aliphatic carbocycles. The number of nitrogens with two attached hydrogens (primary N) is 1. The Bertz CT molecular complexity index is 489. The molecule has 0 radical (unpaired) electrons. The zero-order chi connectivity index (χ0) is 14.7. The number of hydrogen-bond donors (Lipinski definition) is 2. The third kappa shape index (κ3) is 3.51. The van der Waals surface area contributed by atoms with E-state index in [9.17, 15) is 0 Å². The lowest BCUT2D eigenvalue weighted by atomic mass is 10.1. The lowest BCUT2D eigenvalue weighted by molar-refractivity contribution is 0.0835. The lowest BCUT2D eigenvalue weighted by Gasteiger charge is -2.39. The van der Waals surface area contributed by atoms with Crippen LogP contribution in [0.4, 0.5) is 0 Å². The van der Waals surface area contributed by atoms with Crippen molar-refractivity contribution in [3.8, 4) is 0 Å². The molecule has 5 heteroatoms. The van der Waals surface area contributed by atoms with Crippen LogP contribution in [-0.4, -0.2) is 47.9 Å². The molecule has 1 aliphatic rings. The van der Waals surface area contributed by atoms with Gasteiger partial charge in [0, 0.05) is 42.8 Å². The molecule has 1 aromatic carbocycles. The van der Waals surface area contributed by atoms with E-state index in [-0.39, 0.29) is 5.84 Å². The summed E-state index contributed by atoms with van der Waals surface area (Å²) >= 11 is 6.30. The molecule has 20 heavy (non-hydrogen) atoms. The summed E-state index contributed by atoms with van der Waals surface area (Å²) in [5, 5.41) is 8.13. The van der Waals surface area contributed by atoms with Crippen LogP contribution in [0.2, 0.25) is 5.02 Å². The molecule has 1 heterocycles. The Hall–Kier alpha value is -1.10. The van der Waals surface area contributed by atoms with Crippen molar-refractivity contribution < 1.29 is 0 Å². The molecule has 3 N–H and O–H groups in total. The maximum absolute atomic E-state index is 7.43. The van der Waals surface area contributed by atoms with Crippen molar-refractivity contribution in [1.29, 1.82) is 5.41 Å². The number of rotatable bonds is 4. The number of nitrogens with zero attached hydrogens (tertiary/aromatic N) is 2. The fourth-order valence-corrected chi connectivity index (χ4v) is 3.01. The van der Waals surface area contributed by atoms with E-state index in [1.165, 1.54) is 0 Å². The van der Waals surface area contributed by atoms with Gasteiger partial charge in [0.2, 0.25) is 0 Å². The van der Waals surface area contributed by atoms with E-state index in [1.807, 2.05) is 12.1 Å². The van der Waals surface area contributed by atoms with E-state index in [1.54, 1.807) is 6.07 Å². The summed E-state index contributed by atoms with van der Waals surface area (Å²) in [5.74, 6) is 0.0589. The van der Waals surface area contributed by atoms with Gasteiger partial charge in [-0.3, -0.25) is 15.2 Å². The molecule has 1 aliphatic heterocycles. The van der Waals surface area contributed by atoms with Gasteiger partial charge in [-0.1, -0.05) is 30.7 Å². The van der Waals surface area contributed by atoms with Crippen LogP contribution in [-0.2, 0) is 6.54 Å². The molecular weight excluding hydrogens is 272 g/mol. The van der Waals surface area contributed by atoms with Gasteiger partial charge >= 0.3 is 0 Å². The normalized spacial score (nSPS) is 21.1. The molecule has 110 valence electrons. The highest BCUT2D eigenvalue weighted by atomic mass is 35.5. The Morgan fingerprint density at radius 1 is 1.45 bits per heavy atom. The van der Waals surface area contributed by atoms with Crippen LogP contribution in [0.15, 0.2) is 18.2 Å². The smallest absolute Gasteiger partial charge is 0.122 e. The average molecular weight is 295 g/mol. The molecule has 2 rings (SSSR count). The average Bonchev–Trinajstić information content (AvgIpc) is 2.41. The second kappa shape index (κ2) is 6.57. The molecule has 0 aromatic heterocycles. The minimum atomic E-state index is 0.0589. The van der Waals surface area contributed by atoms with Gasteiger partial charge in [-0.15, -0.1) is 0 Å². The summed E-state index contributed by atoms with van der Waals surface area (Å²) in [6.07, 6.45) is 0. The van der Waals surface area contributed by atoms with Crippen molar-refractivity contribution >= 4 is 17.4 Å². The molecular formula is C15H23ClN4. The summed E-state index contributed by atoms with van der Waals surface area (Å²) in [7, 11) is 0. The molecule has 0 spiro atoms. The third-order valence-electron chi connectivity index (χ3n) is 4.01. The molecule has 1 saturated heterocycles. The molecule has 0 amide bonds. The minimum Gasteiger partial charge on any atom is -0.384 e. The minimum absolute atomic E-state index is 0.0589. The first kappa shape index (κ1) is 15.3. The van der Waals surface area contributed by atoms with Crippen LogP contribution in [0.3, 0.4) is 0 Å². The molecule has 4 nitrogen and oxygen atoms in total. The first-order valence-electron chi connectivity index (χ1n) is 7.10.